The van der Waals surface area contributed by atoms with E-state index < -0.39 is 5.97 Å². The molecule has 0 saturated carbocycles. The average molecular weight is 238 g/mol. The number of carbonyl (C=O) groups is 1. The standard InChI is InChI=1S/C11H10ClN2O2/c1-2-16-11(15)8-7-13-9-5-3-4-6-14(9)10(8)12/h3-7H,2H2,1H3/q+1. The number of esters is 1. The zero-order valence-corrected chi connectivity index (χ0v) is 9.44. The van der Waals surface area contributed by atoms with Crippen LogP contribution in [0.5, 0.6) is 0 Å². The molecule has 0 amide bonds. The van der Waals surface area contributed by atoms with Gasteiger partial charge in [0.1, 0.15) is 0 Å². The first-order chi connectivity index (χ1) is 7.74. The molecule has 4 nitrogen and oxygen atoms in total. The summed E-state index contributed by atoms with van der Waals surface area (Å²) in [4.78, 5) is 15.7. The zero-order chi connectivity index (χ0) is 11.5. The first-order valence-corrected chi connectivity index (χ1v) is 5.24. The van der Waals surface area contributed by atoms with Gasteiger partial charge in [0, 0.05) is 6.07 Å². The highest BCUT2D eigenvalue weighted by Crippen LogP contribution is 2.11. The van der Waals surface area contributed by atoms with Crippen LogP contribution in [0, 0.1) is 0 Å². The Kier molecular flexibility index (Phi) is 3.01. The number of carbonyl (C=O) groups excluding carboxylic acids is 1. The van der Waals surface area contributed by atoms with Crippen LogP contribution in [-0.2, 0) is 4.74 Å². The van der Waals surface area contributed by atoms with Gasteiger partial charge in [-0.25, -0.2) is 4.79 Å². The molecule has 0 aromatic carbocycles. The Labute approximate surface area is 97.5 Å². The van der Waals surface area contributed by atoms with Crippen molar-refractivity contribution in [1.82, 2.24) is 4.98 Å². The maximum absolute atomic E-state index is 11.5. The lowest BCUT2D eigenvalue weighted by molar-refractivity contribution is -0.512. The summed E-state index contributed by atoms with van der Waals surface area (Å²) in [5, 5.41) is 0.309. The van der Waals surface area contributed by atoms with Crippen LogP contribution >= 0.6 is 11.6 Å². The fourth-order valence-corrected chi connectivity index (χ4v) is 1.63. The SMILES string of the molecule is CCOC(=O)c1cnc2cccc[n+]2c1Cl. The lowest BCUT2D eigenvalue weighted by atomic mass is 10.3. The van der Waals surface area contributed by atoms with Crippen molar-refractivity contribution in [1.29, 1.82) is 0 Å². The Morgan fingerprint density at radius 3 is 3.12 bits per heavy atom. The minimum absolute atomic E-state index is 0.271. The summed E-state index contributed by atoms with van der Waals surface area (Å²) in [5.74, 6) is -0.460. The number of ether oxygens (including phenoxy) is 1. The van der Waals surface area contributed by atoms with Crippen LogP contribution in [0.25, 0.3) is 5.65 Å². The predicted octanol–water partition coefficient (Wildman–Crippen LogP) is 1.65. The molecule has 0 saturated heterocycles. The van der Waals surface area contributed by atoms with Crippen LogP contribution in [0.2, 0.25) is 5.15 Å². The van der Waals surface area contributed by atoms with Crippen LogP contribution in [0.1, 0.15) is 17.3 Å². The Morgan fingerprint density at radius 1 is 1.56 bits per heavy atom. The quantitative estimate of drug-likeness (QED) is 0.453. The molecule has 2 rings (SSSR count). The molecule has 82 valence electrons. The molecule has 0 unspecified atom stereocenters. The predicted molar refractivity (Wildman–Crippen MR) is 58.4 cm³/mol. The van der Waals surface area contributed by atoms with Crippen LogP contribution in [-0.4, -0.2) is 17.6 Å². The fourth-order valence-electron chi connectivity index (χ4n) is 1.36. The molecule has 0 spiro atoms. The Hall–Kier alpha value is -1.68. The van der Waals surface area contributed by atoms with Crippen LogP contribution in [0.4, 0.5) is 0 Å². The zero-order valence-electron chi connectivity index (χ0n) is 8.68. The van der Waals surface area contributed by atoms with Gasteiger partial charge in [-0.3, -0.25) is 0 Å². The molecule has 5 heteroatoms. The van der Waals surface area contributed by atoms with Crippen molar-refractivity contribution in [3.05, 3.63) is 41.3 Å². The lowest BCUT2D eigenvalue weighted by Gasteiger charge is -2.01. The van der Waals surface area contributed by atoms with Crippen molar-refractivity contribution in [2.24, 2.45) is 0 Å². The van der Waals surface area contributed by atoms with E-state index in [1.807, 2.05) is 12.1 Å². The number of hydrogen-bond acceptors (Lipinski definition) is 3. The van der Waals surface area contributed by atoms with E-state index in [4.69, 9.17) is 16.3 Å². The minimum Gasteiger partial charge on any atom is -0.462 e. The molecule has 16 heavy (non-hydrogen) atoms. The van der Waals surface area contributed by atoms with Gasteiger partial charge in [0.25, 0.3) is 0 Å². The molecule has 0 aliphatic rings. The molecule has 0 atom stereocenters. The van der Waals surface area contributed by atoms with E-state index in [0.29, 0.717) is 17.4 Å². The van der Waals surface area contributed by atoms with Gasteiger partial charge in [0.05, 0.1) is 12.8 Å². The molecule has 0 radical (unpaired) electrons. The highest BCUT2D eigenvalue weighted by atomic mass is 35.5. The summed E-state index contributed by atoms with van der Waals surface area (Å²) < 4.78 is 6.51. The van der Waals surface area contributed by atoms with Crippen molar-refractivity contribution < 1.29 is 13.9 Å². The smallest absolute Gasteiger partial charge is 0.347 e. The van der Waals surface area contributed by atoms with Crippen LogP contribution < -0.4 is 4.40 Å². The molecular weight excluding hydrogens is 228 g/mol. The summed E-state index contributed by atoms with van der Waals surface area (Å²) >= 11 is 6.09. The summed E-state index contributed by atoms with van der Waals surface area (Å²) in [6.07, 6.45) is 3.17. The molecule has 0 bridgehead atoms. The van der Waals surface area contributed by atoms with Crippen molar-refractivity contribution >= 4 is 23.2 Å². The maximum Gasteiger partial charge on any atom is 0.347 e. The summed E-state index contributed by atoms with van der Waals surface area (Å²) in [5.41, 5.74) is 0.952. The highest BCUT2D eigenvalue weighted by molar-refractivity contribution is 6.31. The van der Waals surface area contributed by atoms with E-state index in [-0.39, 0.29) is 5.56 Å². The highest BCUT2D eigenvalue weighted by Gasteiger charge is 2.20. The number of rotatable bonds is 2. The lowest BCUT2D eigenvalue weighted by Crippen LogP contribution is -2.27. The van der Waals surface area contributed by atoms with Gasteiger partial charge in [-0.2, -0.15) is 4.40 Å². The molecule has 0 aliphatic carbocycles. The summed E-state index contributed by atoms with van der Waals surface area (Å²) in [6, 6.07) is 5.47. The third kappa shape index (κ3) is 1.84. The van der Waals surface area contributed by atoms with Gasteiger partial charge in [0.15, 0.2) is 11.8 Å². The van der Waals surface area contributed by atoms with E-state index in [0.717, 1.165) is 0 Å². The first kappa shape index (κ1) is 10.8. The van der Waals surface area contributed by atoms with Gasteiger partial charge >= 0.3 is 11.6 Å². The monoisotopic (exact) mass is 237 g/mol. The van der Waals surface area contributed by atoms with E-state index in [1.165, 1.54) is 6.20 Å². The van der Waals surface area contributed by atoms with Crippen molar-refractivity contribution in [3.63, 3.8) is 0 Å². The van der Waals surface area contributed by atoms with Gasteiger partial charge < -0.3 is 4.74 Å². The van der Waals surface area contributed by atoms with Gasteiger partial charge in [-0.05, 0) is 29.6 Å². The van der Waals surface area contributed by atoms with Crippen molar-refractivity contribution in [2.75, 3.05) is 6.61 Å². The van der Waals surface area contributed by atoms with E-state index in [2.05, 4.69) is 4.98 Å². The maximum atomic E-state index is 11.5. The molecule has 0 aliphatic heterocycles. The summed E-state index contributed by atoms with van der Waals surface area (Å²) in [6.45, 7) is 2.06. The number of nitrogens with zero attached hydrogens (tertiary/aromatic N) is 2. The molecule has 0 fully saturated rings. The second-order valence-corrected chi connectivity index (χ2v) is 3.47. The normalized spacial score (nSPS) is 10.4. The van der Waals surface area contributed by atoms with Crippen LogP contribution in [0.15, 0.2) is 30.6 Å². The van der Waals surface area contributed by atoms with Gasteiger partial charge in [0.2, 0.25) is 5.15 Å². The number of hydrogen-bond donors (Lipinski definition) is 0. The van der Waals surface area contributed by atoms with Crippen molar-refractivity contribution in [2.45, 2.75) is 6.92 Å². The van der Waals surface area contributed by atoms with E-state index in [1.54, 1.807) is 23.6 Å². The summed E-state index contributed by atoms with van der Waals surface area (Å²) in [7, 11) is 0. The Balaban J connectivity index is 2.56. The number of halogens is 1. The number of fused-ring (bicyclic) bond motifs is 1. The van der Waals surface area contributed by atoms with Gasteiger partial charge in [-0.1, -0.05) is 6.07 Å². The molecule has 2 aromatic heterocycles. The number of aromatic nitrogens is 2. The van der Waals surface area contributed by atoms with Gasteiger partial charge in [-0.15, -0.1) is 0 Å². The fraction of sp³-hybridized carbons (Fsp3) is 0.182. The molecular formula is C11H10ClN2O2+. The Bertz CT molecular complexity index is 542. The third-order valence-corrected chi connectivity index (χ3v) is 2.48. The van der Waals surface area contributed by atoms with E-state index in [9.17, 15) is 4.79 Å². The third-order valence-electron chi connectivity index (χ3n) is 2.09. The number of pyridine rings is 1. The first-order valence-electron chi connectivity index (χ1n) is 4.86. The largest absolute Gasteiger partial charge is 0.462 e. The second kappa shape index (κ2) is 4.45. The molecule has 2 heterocycles. The minimum atomic E-state index is -0.460. The van der Waals surface area contributed by atoms with Crippen molar-refractivity contribution in [3.8, 4) is 0 Å². The molecule has 2 aromatic rings. The van der Waals surface area contributed by atoms with E-state index >= 15 is 0 Å². The Morgan fingerprint density at radius 2 is 2.38 bits per heavy atom. The van der Waals surface area contributed by atoms with Crippen LogP contribution in [0.3, 0.4) is 0 Å². The topological polar surface area (TPSA) is 43.3 Å². The second-order valence-electron chi connectivity index (χ2n) is 3.11. The average Bonchev–Trinajstić information content (AvgIpc) is 2.30. The molecule has 0 N–H and O–H groups in total.